The molecule has 0 bridgehead atoms. The van der Waals surface area contributed by atoms with E-state index in [9.17, 15) is 13.9 Å². The summed E-state index contributed by atoms with van der Waals surface area (Å²) in [6.45, 7) is 3.85. The van der Waals surface area contributed by atoms with Crippen molar-refractivity contribution in [2.24, 2.45) is 0 Å². The Hall–Kier alpha value is -0.960. The van der Waals surface area contributed by atoms with E-state index in [1.165, 1.54) is 12.1 Å². The van der Waals surface area contributed by atoms with Crippen LogP contribution in [0.1, 0.15) is 38.7 Å². The van der Waals surface area contributed by atoms with Crippen LogP contribution in [0.15, 0.2) is 18.2 Å². The molecule has 0 aromatic heterocycles. The summed E-state index contributed by atoms with van der Waals surface area (Å²) in [5.41, 5.74) is -0.507. The summed E-state index contributed by atoms with van der Waals surface area (Å²) in [6, 6.07) is 3.48. The van der Waals surface area contributed by atoms with Gasteiger partial charge in [0.05, 0.1) is 5.60 Å². The van der Waals surface area contributed by atoms with Crippen LogP contribution in [0.3, 0.4) is 0 Å². The first-order valence-electron chi connectivity index (χ1n) is 5.67. The van der Waals surface area contributed by atoms with Crippen LogP contribution >= 0.6 is 0 Å². The summed E-state index contributed by atoms with van der Waals surface area (Å²) < 4.78 is 26.1. The fourth-order valence-electron chi connectivity index (χ4n) is 1.88. The van der Waals surface area contributed by atoms with Gasteiger partial charge in [-0.25, -0.2) is 8.78 Å². The highest BCUT2D eigenvalue weighted by molar-refractivity contribution is 5.20. The second-order valence-corrected chi connectivity index (χ2v) is 4.24. The third kappa shape index (κ3) is 3.27. The van der Waals surface area contributed by atoms with Gasteiger partial charge in [-0.05, 0) is 24.5 Å². The summed E-state index contributed by atoms with van der Waals surface area (Å²) in [4.78, 5) is 0. The standard InChI is InChI=1S/C13H18F2O/c1-3-7-13(16,4-2)9-10-5-6-11(14)8-12(10)15/h5-6,8,16H,3-4,7,9H2,1-2H3. The van der Waals surface area contributed by atoms with Gasteiger partial charge in [-0.2, -0.15) is 0 Å². The van der Waals surface area contributed by atoms with Crippen LogP contribution in [0.25, 0.3) is 0 Å². The molecule has 0 aliphatic rings. The van der Waals surface area contributed by atoms with Crippen molar-refractivity contribution >= 4 is 0 Å². The van der Waals surface area contributed by atoms with Crippen molar-refractivity contribution < 1.29 is 13.9 Å². The SMILES string of the molecule is CCCC(O)(CC)Cc1ccc(F)cc1F. The zero-order chi connectivity index (χ0) is 12.2. The van der Waals surface area contributed by atoms with Gasteiger partial charge in [0.2, 0.25) is 0 Å². The lowest BCUT2D eigenvalue weighted by Gasteiger charge is -2.26. The number of hydrogen-bond donors (Lipinski definition) is 1. The van der Waals surface area contributed by atoms with Gasteiger partial charge in [0.15, 0.2) is 0 Å². The van der Waals surface area contributed by atoms with Crippen molar-refractivity contribution in [1.82, 2.24) is 0 Å². The van der Waals surface area contributed by atoms with Crippen LogP contribution in [-0.4, -0.2) is 10.7 Å². The second-order valence-electron chi connectivity index (χ2n) is 4.24. The first kappa shape index (κ1) is 13.1. The van der Waals surface area contributed by atoms with E-state index in [2.05, 4.69) is 0 Å². The van der Waals surface area contributed by atoms with Crippen LogP contribution in [0, 0.1) is 11.6 Å². The molecule has 0 saturated carbocycles. The van der Waals surface area contributed by atoms with Crippen molar-refractivity contribution in [3.63, 3.8) is 0 Å². The monoisotopic (exact) mass is 228 g/mol. The predicted molar refractivity (Wildman–Crippen MR) is 60.2 cm³/mol. The Kier molecular flexibility index (Phi) is 4.42. The molecule has 0 heterocycles. The lowest BCUT2D eigenvalue weighted by atomic mass is 9.87. The second kappa shape index (κ2) is 5.39. The van der Waals surface area contributed by atoms with E-state index in [4.69, 9.17) is 0 Å². The zero-order valence-corrected chi connectivity index (χ0v) is 9.76. The maximum Gasteiger partial charge on any atom is 0.129 e. The molecule has 1 rings (SSSR count). The van der Waals surface area contributed by atoms with Crippen molar-refractivity contribution in [2.75, 3.05) is 0 Å². The molecule has 1 nitrogen and oxygen atoms in total. The molecular weight excluding hydrogens is 210 g/mol. The Bertz CT molecular complexity index is 352. The zero-order valence-electron chi connectivity index (χ0n) is 9.76. The van der Waals surface area contributed by atoms with E-state index in [1.807, 2.05) is 13.8 Å². The molecule has 1 N–H and O–H groups in total. The summed E-state index contributed by atoms with van der Waals surface area (Å²) in [7, 11) is 0. The smallest absolute Gasteiger partial charge is 0.129 e. The Morgan fingerprint density at radius 3 is 2.44 bits per heavy atom. The van der Waals surface area contributed by atoms with Gasteiger partial charge in [-0.15, -0.1) is 0 Å². The van der Waals surface area contributed by atoms with Crippen LogP contribution < -0.4 is 0 Å². The maximum atomic E-state index is 13.4. The number of benzene rings is 1. The number of halogens is 2. The van der Waals surface area contributed by atoms with Gasteiger partial charge in [-0.3, -0.25) is 0 Å². The van der Waals surface area contributed by atoms with Crippen molar-refractivity contribution in [3.8, 4) is 0 Å². The lowest BCUT2D eigenvalue weighted by Crippen LogP contribution is -2.30. The fraction of sp³-hybridized carbons (Fsp3) is 0.538. The fourth-order valence-corrected chi connectivity index (χ4v) is 1.88. The average molecular weight is 228 g/mol. The molecule has 0 saturated heterocycles. The molecule has 0 aliphatic heterocycles. The Morgan fingerprint density at radius 2 is 1.94 bits per heavy atom. The molecule has 0 aliphatic carbocycles. The molecule has 1 aromatic rings. The molecule has 0 radical (unpaired) electrons. The minimum absolute atomic E-state index is 0.240. The number of hydrogen-bond acceptors (Lipinski definition) is 1. The largest absolute Gasteiger partial charge is 0.390 e. The Balaban J connectivity index is 2.85. The van der Waals surface area contributed by atoms with Gasteiger partial charge >= 0.3 is 0 Å². The van der Waals surface area contributed by atoms with Crippen molar-refractivity contribution in [3.05, 3.63) is 35.4 Å². The number of aliphatic hydroxyl groups is 1. The average Bonchev–Trinajstić information content (AvgIpc) is 2.23. The van der Waals surface area contributed by atoms with Crippen LogP contribution in [-0.2, 0) is 6.42 Å². The summed E-state index contributed by atoms with van der Waals surface area (Å²) in [5, 5.41) is 10.2. The van der Waals surface area contributed by atoms with E-state index >= 15 is 0 Å². The van der Waals surface area contributed by atoms with E-state index in [0.29, 0.717) is 18.4 Å². The van der Waals surface area contributed by atoms with Crippen molar-refractivity contribution in [2.45, 2.75) is 45.1 Å². The molecule has 90 valence electrons. The predicted octanol–water partition coefficient (Wildman–Crippen LogP) is 3.45. The summed E-state index contributed by atoms with van der Waals surface area (Å²) in [6.07, 6.45) is 2.27. The molecule has 0 amide bonds. The first-order valence-corrected chi connectivity index (χ1v) is 5.67. The molecular formula is C13H18F2O. The molecule has 1 unspecified atom stereocenters. The topological polar surface area (TPSA) is 20.2 Å². The minimum atomic E-state index is -0.882. The van der Waals surface area contributed by atoms with Gasteiger partial charge in [0.1, 0.15) is 11.6 Å². The van der Waals surface area contributed by atoms with Crippen LogP contribution in [0.4, 0.5) is 8.78 Å². The highest BCUT2D eigenvalue weighted by atomic mass is 19.1. The van der Waals surface area contributed by atoms with Crippen molar-refractivity contribution in [1.29, 1.82) is 0 Å². The molecule has 0 fully saturated rings. The quantitative estimate of drug-likeness (QED) is 0.818. The molecule has 16 heavy (non-hydrogen) atoms. The van der Waals surface area contributed by atoms with Crippen LogP contribution in [0.5, 0.6) is 0 Å². The van der Waals surface area contributed by atoms with E-state index in [-0.39, 0.29) is 6.42 Å². The molecule has 1 atom stereocenters. The number of rotatable bonds is 5. The lowest BCUT2D eigenvalue weighted by molar-refractivity contribution is 0.0263. The van der Waals surface area contributed by atoms with E-state index < -0.39 is 17.2 Å². The molecule has 1 aromatic carbocycles. The van der Waals surface area contributed by atoms with Gasteiger partial charge in [0.25, 0.3) is 0 Å². The minimum Gasteiger partial charge on any atom is -0.390 e. The summed E-state index contributed by atoms with van der Waals surface area (Å²) >= 11 is 0. The van der Waals surface area contributed by atoms with Gasteiger partial charge in [-0.1, -0.05) is 26.3 Å². The van der Waals surface area contributed by atoms with Gasteiger partial charge in [0, 0.05) is 12.5 Å². The highest BCUT2D eigenvalue weighted by Gasteiger charge is 2.25. The third-order valence-corrected chi connectivity index (χ3v) is 2.91. The van der Waals surface area contributed by atoms with E-state index in [1.54, 1.807) is 0 Å². The Morgan fingerprint density at radius 1 is 1.25 bits per heavy atom. The summed E-state index contributed by atoms with van der Waals surface area (Å²) in [5.74, 6) is -1.17. The van der Waals surface area contributed by atoms with Gasteiger partial charge < -0.3 is 5.11 Å². The highest BCUT2D eigenvalue weighted by Crippen LogP contribution is 2.24. The first-order chi connectivity index (χ1) is 7.50. The van der Waals surface area contributed by atoms with Crippen LogP contribution in [0.2, 0.25) is 0 Å². The molecule has 0 spiro atoms. The van der Waals surface area contributed by atoms with E-state index in [0.717, 1.165) is 12.5 Å². The Labute approximate surface area is 95.1 Å². The third-order valence-electron chi connectivity index (χ3n) is 2.91. The molecule has 3 heteroatoms. The normalized spacial score (nSPS) is 14.8. The maximum absolute atomic E-state index is 13.4.